The molecular formula is C25H23NO. The number of pyridine rings is 1. The molecule has 1 aliphatic heterocycles. The van der Waals surface area contributed by atoms with E-state index in [-0.39, 0.29) is 0 Å². The first-order chi connectivity index (χ1) is 13.0. The van der Waals surface area contributed by atoms with Crippen molar-refractivity contribution in [3.05, 3.63) is 65.4 Å². The standard InChI is InChI=1S/C25H23NO/c1-14(2)10-17-11-19-8-9-26-24-20-13-18-7-5-6-15(3)22(18)16(4)25(20)27-21(12-17)23(19)24/h5-9,11-14H,10H2,1-4H3. The van der Waals surface area contributed by atoms with Gasteiger partial charge in [0, 0.05) is 17.3 Å². The van der Waals surface area contributed by atoms with E-state index < -0.39 is 0 Å². The van der Waals surface area contributed by atoms with Crippen molar-refractivity contribution in [1.82, 2.24) is 4.98 Å². The zero-order chi connectivity index (χ0) is 18.7. The monoisotopic (exact) mass is 353 g/mol. The van der Waals surface area contributed by atoms with Gasteiger partial charge in [-0.2, -0.15) is 0 Å². The minimum atomic E-state index is 0.611. The predicted molar refractivity (Wildman–Crippen MR) is 113 cm³/mol. The van der Waals surface area contributed by atoms with Gasteiger partial charge in [-0.15, -0.1) is 0 Å². The number of hydrogen-bond donors (Lipinski definition) is 0. The third-order valence-corrected chi connectivity index (χ3v) is 5.56. The van der Waals surface area contributed by atoms with Gasteiger partial charge in [-0.05, 0) is 71.7 Å². The number of fused-ring (bicyclic) bond motifs is 3. The summed E-state index contributed by atoms with van der Waals surface area (Å²) in [6.07, 6.45) is 2.97. The van der Waals surface area contributed by atoms with Crippen molar-refractivity contribution in [3.8, 4) is 22.8 Å². The summed E-state index contributed by atoms with van der Waals surface area (Å²) in [5.74, 6) is 2.50. The van der Waals surface area contributed by atoms with E-state index in [0.717, 1.165) is 34.6 Å². The summed E-state index contributed by atoms with van der Waals surface area (Å²) in [6.45, 7) is 8.83. The molecule has 1 aliphatic rings. The minimum absolute atomic E-state index is 0.611. The van der Waals surface area contributed by atoms with E-state index in [1.807, 2.05) is 6.20 Å². The van der Waals surface area contributed by atoms with Crippen molar-refractivity contribution in [1.29, 1.82) is 0 Å². The summed E-state index contributed by atoms with van der Waals surface area (Å²) >= 11 is 0. The van der Waals surface area contributed by atoms with Crippen LogP contribution < -0.4 is 4.74 Å². The van der Waals surface area contributed by atoms with Gasteiger partial charge in [0.15, 0.2) is 0 Å². The molecule has 0 amide bonds. The predicted octanol–water partition coefficient (Wildman–Crippen LogP) is 6.98. The molecule has 0 radical (unpaired) electrons. The molecular weight excluding hydrogens is 330 g/mol. The van der Waals surface area contributed by atoms with Gasteiger partial charge in [-0.3, -0.25) is 4.98 Å². The lowest BCUT2D eigenvalue weighted by Gasteiger charge is -2.24. The van der Waals surface area contributed by atoms with E-state index in [9.17, 15) is 0 Å². The zero-order valence-electron chi connectivity index (χ0n) is 16.3. The summed E-state index contributed by atoms with van der Waals surface area (Å²) < 4.78 is 6.53. The van der Waals surface area contributed by atoms with Gasteiger partial charge in [0.05, 0.1) is 11.1 Å². The molecule has 0 unspecified atom stereocenters. The number of aromatic nitrogens is 1. The smallest absolute Gasteiger partial charge is 0.140 e. The molecule has 2 nitrogen and oxygen atoms in total. The molecule has 0 atom stereocenters. The van der Waals surface area contributed by atoms with Crippen molar-refractivity contribution < 1.29 is 4.74 Å². The second-order valence-corrected chi connectivity index (χ2v) is 8.10. The summed E-state index contributed by atoms with van der Waals surface area (Å²) in [5, 5.41) is 4.86. The molecule has 0 fully saturated rings. The van der Waals surface area contributed by atoms with E-state index in [2.05, 4.69) is 70.2 Å². The maximum absolute atomic E-state index is 6.53. The van der Waals surface area contributed by atoms with Crippen molar-refractivity contribution in [2.45, 2.75) is 34.1 Å². The Kier molecular flexibility index (Phi) is 3.51. The van der Waals surface area contributed by atoms with Crippen molar-refractivity contribution in [2.75, 3.05) is 0 Å². The molecule has 5 rings (SSSR count). The number of ether oxygens (including phenoxy) is 1. The first-order valence-electron chi connectivity index (χ1n) is 9.65. The molecule has 0 saturated heterocycles. The maximum Gasteiger partial charge on any atom is 0.140 e. The van der Waals surface area contributed by atoms with E-state index in [1.165, 1.54) is 32.8 Å². The van der Waals surface area contributed by atoms with Gasteiger partial charge in [0.1, 0.15) is 11.5 Å². The van der Waals surface area contributed by atoms with Crippen LogP contribution in [0, 0.1) is 19.8 Å². The molecule has 0 aliphatic carbocycles. The average molecular weight is 353 g/mol. The fourth-order valence-corrected chi connectivity index (χ4v) is 4.49. The van der Waals surface area contributed by atoms with Crippen molar-refractivity contribution in [2.24, 2.45) is 5.92 Å². The second-order valence-electron chi connectivity index (χ2n) is 8.10. The van der Waals surface area contributed by atoms with E-state index in [4.69, 9.17) is 9.72 Å². The normalized spacial score (nSPS) is 12.5. The average Bonchev–Trinajstić information content (AvgIpc) is 2.62. The molecule has 134 valence electrons. The van der Waals surface area contributed by atoms with Gasteiger partial charge in [0.25, 0.3) is 0 Å². The Hall–Kier alpha value is -2.87. The first kappa shape index (κ1) is 16.3. The molecule has 4 aromatic rings. The van der Waals surface area contributed by atoms with Crippen LogP contribution in [-0.4, -0.2) is 4.98 Å². The minimum Gasteiger partial charge on any atom is -0.456 e. The summed E-state index contributed by atoms with van der Waals surface area (Å²) in [4.78, 5) is 4.76. The second kappa shape index (κ2) is 5.82. The van der Waals surface area contributed by atoms with Gasteiger partial charge in [-0.25, -0.2) is 0 Å². The maximum atomic E-state index is 6.53. The number of nitrogens with zero attached hydrogens (tertiary/aromatic N) is 1. The topological polar surface area (TPSA) is 22.1 Å². The third-order valence-electron chi connectivity index (χ3n) is 5.56. The van der Waals surface area contributed by atoms with Crippen LogP contribution in [0.5, 0.6) is 11.5 Å². The molecule has 2 heteroatoms. The van der Waals surface area contributed by atoms with Crippen molar-refractivity contribution >= 4 is 21.5 Å². The van der Waals surface area contributed by atoms with Crippen LogP contribution in [0.2, 0.25) is 0 Å². The van der Waals surface area contributed by atoms with E-state index >= 15 is 0 Å². The van der Waals surface area contributed by atoms with Crippen LogP contribution >= 0.6 is 0 Å². The van der Waals surface area contributed by atoms with Gasteiger partial charge < -0.3 is 4.74 Å². The molecule has 0 spiro atoms. The van der Waals surface area contributed by atoms with Crippen LogP contribution in [0.15, 0.2) is 48.7 Å². The van der Waals surface area contributed by atoms with Crippen LogP contribution in [0.1, 0.15) is 30.5 Å². The van der Waals surface area contributed by atoms with Gasteiger partial charge in [0.2, 0.25) is 0 Å². The Bertz CT molecular complexity index is 1220. The lowest BCUT2D eigenvalue weighted by molar-refractivity contribution is 0.482. The third kappa shape index (κ3) is 2.43. The van der Waals surface area contributed by atoms with Crippen LogP contribution in [0.4, 0.5) is 0 Å². The molecule has 0 N–H and O–H groups in total. The van der Waals surface area contributed by atoms with Crippen LogP contribution in [0.25, 0.3) is 32.8 Å². The highest BCUT2D eigenvalue weighted by molar-refractivity contribution is 6.06. The molecule has 27 heavy (non-hydrogen) atoms. The number of hydrogen-bond acceptors (Lipinski definition) is 2. The van der Waals surface area contributed by atoms with Gasteiger partial charge >= 0.3 is 0 Å². The molecule has 1 aromatic heterocycles. The van der Waals surface area contributed by atoms with Crippen molar-refractivity contribution in [3.63, 3.8) is 0 Å². The number of rotatable bonds is 2. The van der Waals surface area contributed by atoms with Crippen LogP contribution in [0.3, 0.4) is 0 Å². The van der Waals surface area contributed by atoms with Crippen LogP contribution in [-0.2, 0) is 6.42 Å². The lowest BCUT2D eigenvalue weighted by Crippen LogP contribution is -2.03. The Morgan fingerprint density at radius 3 is 2.59 bits per heavy atom. The van der Waals surface area contributed by atoms with Gasteiger partial charge in [-0.1, -0.05) is 38.1 Å². The Morgan fingerprint density at radius 1 is 0.963 bits per heavy atom. The number of benzene rings is 3. The first-order valence-corrected chi connectivity index (χ1v) is 9.65. The quantitative estimate of drug-likeness (QED) is 0.342. The fourth-order valence-electron chi connectivity index (χ4n) is 4.49. The lowest BCUT2D eigenvalue weighted by atomic mass is 9.91. The fraction of sp³-hybridized carbons (Fsp3) is 0.240. The zero-order valence-corrected chi connectivity index (χ0v) is 16.3. The number of aryl methyl sites for hydroxylation is 2. The van der Waals surface area contributed by atoms with E-state index in [0.29, 0.717) is 5.92 Å². The summed E-state index contributed by atoms with van der Waals surface area (Å²) in [6, 6.07) is 15.3. The molecule has 0 saturated carbocycles. The van der Waals surface area contributed by atoms with E-state index in [1.54, 1.807) is 0 Å². The SMILES string of the molecule is Cc1cccc2cc3c(c(C)c12)Oc1cc(CC(C)C)cc2ccnc-3c12. The highest BCUT2D eigenvalue weighted by Gasteiger charge is 2.25. The Labute approximate surface area is 159 Å². The Balaban J connectivity index is 1.84. The highest BCUT2D eigenvalue weighted by Crippen LogP contribution is 2.49. The Morgan fingerprint density at radius 2 is 1.78 bits per heavy atom. The summed E-state index contributed by atoms with van der Waals surface area (Å²) in [7, 11) is 0. The molecule has 3 aromatic carbocycles. The largest absolute Gasteiger partial charge is 0.456 e. The highest BCUT2D eigenvalue weighted by atomic mass is 16.5. The summed E-state index contributed by atoms with van der Waals surface area (Å²) in [5.41, 5.74) is 5.93. The molecule has 0 bridgehead atoms. The molecule has 2 heterocycles.